The van der Waals surface area contributed by atoms with Crippen LogP contribution in [0.5, 0.6) is 5.75 Å². The van der Waals surface area contributed by atoms with Crippen LogP contribution in [0, 0.1) is 19.3 Å². The van der Waals surface area contributed by atoms with Crippen molar-refractivity contribution in [2.24, 2.45) is 0 Å². The third-order valence-corrected chi connectivity index (χ3v) is 2.31. The second-order valence-corrected chi connectivity index (χ2v) is 3.26. The highest BCUT2D eigenvalue weighted by molar-refractivity contribution is 5.88. The highest BCUT2D eigenvalue weighted by Gasteiger charge is 2.03. The Labute approximate surface area is 89.7 Å². The first-order chi connectivity index (χ1) is 7.33. The molecule has 0 heterocycles. The van der Waals surface area contributed by atoms with E-state index in [0.717, 1.165) is 22.1 Å². The molecule has 0 amide bonds. The maximum Gasteiger partial charge on any atom is 0.148 e. The monoisotopic (exact) mass is 195 g/mol. The number of benzene rings is 2. The summed E-state index contributed by atoms with van der Waals surface area (Å²) in [5.74, 6) is 3.20. The molecule has 0 aliphatic carbocycles. The Kier molecular flexibility index (Phi) is 2.60. The van der Waals surface area contributed by atoms with Gasteiger partial charge in [-0.15, -0.1) is 6.42 Å². The van der Waals surface area contributed by atoms with Crippen LogP contribution in [0.4, 0.5) is 0 Å². The summed E-state index contributed by atoms with van der Waals surface area (Å²) in [6, 6.07) is 12.0. The van der Waals surface area contributed by atoms with Gasteiger partial charge in [0, 0.05) is 5.56 Å². The lowest BCUT2D eigenvalue weighted by molar-refractivity contribution is 0.369. The summed E-state index contributed by atoms with van der Waals surface area (Å²) >= 11 is 0. The summed E-state index contributed by atoms with van der Waals surface area (Å²) in [4.78, 5) is 0. The molecule has 1 radical (unpaired) electrons. The lowest BCUT2D eigenvalue weighted by Gasteiger charge is -2.08. The van der Waals surface area contributed by atoms with Crippen molar-refractivity contribution in [1.29, 1.82) is 0 Å². The predicted molar refractivity (Wildman–Crippen MR) is 62.7 cm³/mol. The summed E-state index contributed by atoms with van der Waals surface area (Å²) in [7, 11) is 0. The van der Waals surface area contributed by atoms with Crippen molar-refractivity contribution in [3.63, 3.8) is 0 Å². The molecule has 0 aliphatic heterocycles. The van der Waals surface area contributed by atoms with Crippen LogP contribution in [0.1, 0.15) is 5.56 Å². The maximum absolute atomic E-state index is 5.40. The van der Waals surface area contributed by atoms with Gasteiger partial charge in [0.2, 0.25) is 0 Å². The molecule has 0 aliphatic rings. The standard InChI is InChI=1S/C14H11O/c1-3-10-15-14-9-8-12-6-4-5-7-13(12)11(14)2/h1,4-9H,2,10H2. The van der Waals surface area contributed by atoms with E-state index in [2.05, 4.69) is 18.9 Å². The largest absolute Gasteiger partial charge is 0.481 e. The van der Waals surface area contributed by atoms with Gasteiger partial charge in [-0.25, -0.2) is 0 Å². The number of hydrogen-bond acceptors (Lipinski definition) is 1. The Morgan fingerprint density at radius 3 is 2.80 bits per heavy atom. The van der Waals surface area contributed by atoms with Gasteiger partial charge in [-0.2, -0.15) is 0 Å². The van der Waals surface area contributed by atoms with Crippen molar-refractivity contribution in [2.75, 3.05) is 6.61 Å². The van der Waals surface area contributed by atoms with E-state index in [1.165, 1.54) is 0 Å². The van der Waals surface area contributed by atoms with E-state index in [-0.39, 0.29) is 6.61 Å². The molecule has 0 unspecified atom stereocenters. The zero-order chi connectivity index (χ0) is 10.7. The first kappa shape index (κ1) is 9.61. The zero-order valence-corrected chi connectivity index (χ0v) is 8.36. The molecule has 0 bridgehead atoms. The minimum absolute atomic E-state index is 0.279. The van der Waals surface area contributed by atoms with Crippen LogP contribution in [0.15, 0.2) is 36.4 Å². The molecule has 2 aromatic rings. The van der Waals surface area contributed by atoms with Crippen LogP contribution in [-0.2, 0) is 0 Å². The second kappa shape index (κ2) is 4.06. The van der Waals surface area contributed by atoms with Crippen molar-refractivity contribution in [2.45, 2.75) is 0 Å². The van der Waals surface area contributed by atoms with Crippen LogP contribution >= 0.6 is 0 Å². The quantitative estimate of drug-likeness (QED) is 0.669. The van der Waals surface area contributed by atoms with Gasteiger partial charge in [-0.3, -0.25) is 0 Å². The summed E-state index contributed by atoms with van der Waals surface area (Å²) in [6.07, 6.45) is 5.14. The van der Waals surface area contributed by atoms with Gasteiger partial charge in [-0.1, -0.05) is 36.3 Å². The van der Waals surface area contributed by atoms with Gasteiger partial charge in [0.15, 0.2) is 0 Å². The van der Waals surface area contributed by atoms with E-state index >= 15 is 0 Å². The molecule has 0 saturated carbocycles. The summed E-state index contributed by atoms with van der Waals surface area (Å²) in [5.41, 5.74) is 0.892. The van der Waals surface area contributed by atoms with Gasteiger partial charge in [-0.05, 0) is 23.8 Å². The van der Waals surface area contributed by atoms with Crippen molar-refractivity contribution in [3.8, 4) is 18.1 Å². The van der Waals surface area contributed by atoms with Gasteiger partial charge < -0.3 is 4.74 Å². The van der Waals surface area contributed by atoms with E-state index in [0.29, 0.717) is 0 Å². The minimum atomic E-state index is 0.279. The average Bonchev–Trinajstić information content (AvgIpc) is 2.29. The molecule has 0 spiro atoms. The molecule has 0 aromatic heterocycles. The Balaban J connectivity index is 2.51. The van der Waals surface area contributed by atoms with Gasteiger partial charge in [0.25, 0.3) is 0 Å². The van der Waals surface area contributed by atoms with E-state index < -0.39 is 0 Å². The first-order valence-corrected chi connectivity index (χ1v) is 4.73. The Morgan fingerprint density at radius 2 is 2.00 bits per heavy atom. The Morgan fingerprint density at radius 1 is 1.20 bits per heavy atom. The smallest absolute Gasteiger partial charge is 0.148 e. The fraction of sp³-hybridized carbons (Fsp3) is 0.0714. The SMILES string of the molecule is C#CCOc1ccc2ccccc2c1[CH2]. The molecule has 0 atom stereocenters. The minimum Gasteiger partial charge on any atom is -0.481 e. The molecule has 0 fully saturated rings. The maximum atomic E-state index is 5.40. The molecular weight excluding hydrogens is 184 g/mol. The topological polar surface area (TPSA) is 9.23 Å². The van der Waals surface area contributed by atoms with Crippen molar-refractivity contribution < 1.29 is 4.74 Å². The number of terminal acetylenes is 1. The number of fused-ring (bicyclic) bond motifs is 1. The summed E-state index contributed by atoms with van der Waals surface area (Å²) in [6.45, 7) is 4.29. The molecule has 73 valence electrons. The summed E-state index contributed by atoms with van der Waals surface area (Å²) in [5, 5.41) is 2.27. The van der Waals surface area contributed by atoms with E-state index in [4.69, 9.17) is 11.2 Å². The lowest BCUT2D eigenvalue weighted by Crippen LogP contribution is -1.95. The predicted octanol–water partition coefficient (Wildman–Crippen LogP) is 3.03. The molecule has 15 heavy (non-hydrogen) atoms. The number of rotatable bonds is 2. The van der Waals surface area contributed by atoms with Gasteiger partial charge in [0.05, 0.1) is 0 Å². The Bertz CT molecular complexity index is 520. The van der Waals surface area contributed by atoms with Crippen molar-refractivity contribution in [3.05, 3.63) is 48.9 Å². The van der Waals surface area contributed by atoms with E-state index in [1.807, 2.05) is 30.3 Å². The van der Waals surface area contributed by atoms with Crippen LogP contribution in [-0.4, -0.2) is 6.61 Å². The fourth-order valence-corrected chi connectivity index (χ4v) is 1.57. The van der Waals surface area contributed by atoms with Crippen molar-refractivity contribution >= 4 is 10.8 Å². The fourth-order valence-electron chi connectivity index (χ4n) is 1.57. The highest BCUT2D eigenvalue weighted by Crippen LogP contribution is 2.26. The van der Waals surface area contributed by atoms with Gasteiger partial charge >= 0.3 is 0 Å². The average molecular weight is 195 g/mol. The second-order valence-electron chi connectivity index (χ2n) is 3.26. The highest BCUT2D eigenvalue weighted by atomic mass is 16.5. The van der Waals surface area contributed by atoms with Crippen LogP contribution in [0.25, 0.3) is 10.8 Å². The van der Waals surface area contributed by atoms with Gasteiger partial charge in [0.1, 0.15) is 12.4 Å². The molecule has 2 aromatic carbocycles. The third kappa shape index (κ3) is 1.80. The van der Waals surface area contributed by atoms with Crippen LogP contribution in [0.3, 0.4) is 0 Å². The number of hydrogen-bond donors (Lipinski definition) is 0. The molecule has 1 heteroatoms. The molecule has 2 rings (SSSR count). The van der Waals surface area contributed by atoms with E-state index in [9.17, 15) is 0 Å². The molecule has 0 N–H and O–H groups in total. The molecule has 1 nitrogen and oxygen atoms in total. The first-order valence-electron chi connectivity index (χ1n) is 4.73. The normalized spacial score (nSPS) is 9.87. The lowest BCUT2D eigenvalue weighted by atomic mass is 10.1. The molecule has 0 saturated heterocycles. The molecular formula is C14H11O. The Hall–Kier alpha value is -1.94. The third-order valence-electron chi connectivity index (χ3n) is 2.31. The van der Waals surface area contributed by atoms with E-state index in [1.54, 1.807) is 0 Å². The van der Waals surface area contributed by atoms with Crippen LogP contribution < -0.4 is 4.74 Å². The number of ether oxygens (including phenoxy) is 1. The summed E-state index contributed by atoms with van der Waals surface area (Å²) < 4.78 is 5.40. The zero-order valence-electron chi connectivity index (χ0n) is 8.36. The van der Waals surface area contributed by atoms with Crippen LogP contribution in [0.2, 0.25) is 0 Å². The van der Waals surface area contributed by atoms with Crippen molar-refractivity contribution in [1.82, 2.24) is 0 Å².